The lowest BCUT2D eigenvalue weighted by atomic mass is 10.1. The number of hydrogen-bond acceptors (Lipinski definition) is 4. The maximum atomic E-state index is 12.8. The average Bonchev–Trinajstić information content (AvgIpc) is 2.66. The predicted molar refractivity (Wildman–Crippen MR) is 111 cm³/mol. The number of halogens is 1. The van der Waals surface area contributed by atoms with Crippen molar-refractivity contribution >= 4 is 29.1 Å². The number of nitrogens with zero attached hydrogens (tertiary/aromatic N) is 1. The van der Waals surface area contributed by atoms with Crippen molar-refractivity contribution in [1.29, 1.82) is 0 Å². The van der Waals surface area contributed by atoms with Crippen molar-refractivity contribution < 1.29 is 14.3 Å². The number of benzene rings is 1. The van der Waals surface area contributed by atoms with Gasteiger partial charge >= 0.3 is 0 Å². The van der Waals surface area contributed by atoms with Crippen LogP contribution < -0.4 is 10.6 Å². The molecular weight excluding hydrogens is 378 g/mol. The van der Waals surface area contributed by atoms with Crippen molar-refractivity contribution in [3.63, 3.8) is 0 Å². The largest absolute Gasteiger partial charge is 0.359 e. The molecule has 150 valence electrons. The van der Waals surface area contributed by atoms with Crippen molar-refractivity contribution in [2.24, 2.45) is 5.92 Å². The first kappa shape index (κ1) is 21.9. The Kier molecular flexibility index (Phi) is 7.96. The van der Waals surface area contributed by atoms with Gasteiger partial charge in [0.25, 0.3) is 11.8 Å². The topological polar surface area (TPSA) is 80.3 Å². The highest BCUT2D eigenvalue weighted by molar-refractivity contribution is 6.20. The Hall–Kier alpha value is -2.44. The Bertz CT molecular complexity index is 839. The zero-order chi connectivity index (χ0) is 20.7. The van der Waals surface area contributed by atoms with Crippen LogP contribution in [0.5, 0.6) is 0 Å². The fraction of sp³-hybridized carbons (Fsp3) is 0.381. The van der Waals surface area contributed by atoms with Crippen molar-refractivity contribution in [2.45, 2.75) is 33.3 Å². The van der Waals surface area contributed by atoms with Gasteiger partial charge in [-0.2, -0.15) is 0 Å². The van der Waals surface area contributed by atoms with E-state index in [-0.39, 0.29) is 17.2 Å². The Balaban J connectivity index is 2.23. The third-order valence-electron chi connectivity index (χ3n) is 3.88. The molecule has 0 aliphatic heterocycles. The molecule has 0 spiro atoms. The molecule has 0 aliphatic rings. The van der Waals surface area contributed by atoms with Gasteiger partial charge in [0.1, 0.15) is 5.69 Å². The minimum absolute atomic E-state index is 0.110. The first-order valence-corrected chi connectivity index (χ1v) is 9.68. The van der Waals surface area contributed by atoms with E-state index in [0.29, 0.717) is 30.5 Å². The van der Waals surface area contributed by atoms with Crippen LogP contribution in [0, 0.1) is 12.8 Å². The summed E-state index contributed by atoms with van der Waals surface area (Å²) < 4.78 is 5.37. The number of aromatic nitrogens is 1. The van der Waals surface area contributed by atoms with Crippen molar-refractivity contribution in [3.8, 4) is 0 Å². The number of amides is 2. The number of carbonyl (C=O) groups excluding carboxylic acids is 2. The van der Waals surface area contributed by atoms with E-state index in [0.717, 1.165) is 5.56 Å². The van der Waals surface area contributed by atoms with E-state index >= 15 is 0 Å². The molecule has 6 nitrogen and oxygen atoms in total. The Morgan fingerprint density at radius 1 is 1.18 bits per heavy atom. The Morgan fingerprint density at radius 3 is 2.61 bits per heavy atom. The van der Waals surface area contributed by atoms with Gasteiger partial charge < -0.3 is 15.4 Å². The minimum atomic E-state index is -0.597. The molecule has 0 bridgehead atoms. The lowest BCUT2D eigenvalue weighted by Gasteiger charge is -2.14. The van der Waals surface area contributed by atoms with Crippen LogP contribution in [0.25, 0.3) is 0 Å². The number of pyridine rings is 1. The standard InChI is InChI=1S/C21H26ClN3O3/c1-5-28-19(22)15-7-6-8-16(11-15)25-20(26)17-10-9-14(4)24-18(17)21(27)23-12-13(2)3/h6-11,13,19H,5,12H2,1-4H3,(H,23,27)(H,25,26). The van der Waals surface area contributed by atoms with E-state index in [9.17, 15) is 9.59 Å². The number of nitrogens with one attached hydrogen (secondary N) is 2. The van der Waals surface area contributed by atoms with Gasteiger partial charge in [0, 0.05) is 24.5 Å². The summed E-state index contributed by atoms with van der Waals surface area (Å²) in [7, 11) is 0. The first-order chi connectivity index (χ1) is 13.3. The van der Waals surface area contributed by atoms with E-state index < -0.39 is 11.5 Å². The van der Waals surface area contributed by atoms with Gasteiger partial charge in [-0.15, -0.1) is 0 Å². The number of ether oxygens (including phenoxy) is 1. The van der Waals surface area contributed by atoms with Crippen LogP contribution in [0.15, 0.2) is 36.4 Å². The summed E-state index contributed by atoms with van der Waals surface area (Å²) in [6.07, 6.45) is 0. The molecule has 2 aromatic rings. The second kappa shape index (κ2) is 10.2. The number of hydrogen-bond donors (Lipinski definition) is 2. The molecule has 1 aromatic carbocycles. The molecule has 2 rings (SSSR count). The second-order valence-corrected chi connectivity index (χ2v) is 7.20. The molecule has 1 atom stereocenters. The zero-order valence-corrected chi connectivity index (χ0v) is 17.3. The Labute approximate surface area is 170 Å². The maximum Gasteiger partial charge on any atom is 0.270 e. The van der Waals surface area contributed by atoms with Gasteiger partial charge in [0.2, 0.25) is 0 Å². The summed E-state index contributed by atoms with van der Waals surface area (Å²) >= 11 is 6.18. The van der Waals surface area contributed by atoms with Crippen molar-refractivity contribution in [1.82, 2.24) is 10.3 Å². The van der Waals surface area contributed by atoms with Crippen LogP contribution >= 0.6 is 11.6 Å². The molecule has 1 heterocycles. The lowest BCUT2D eigenvalue weighted by Crippen LogP contribution is -2.30. The average molecular weight is 404 g/mol. The van der Waals surface area contributed by atoms with Crippen LogP contribution in [0.2, 0.25) is 0 Å². The highest BCUT2D eigenvalue weighted by Gasteiger charge is 2.20. The molecule has 2 N–H and O–H groups in total. The molecule has 28 heavy (non-hydrogen) atoms. The lowest BCUT2D eigenvalue weighted by molar-refractivity contribution is 0.0931. The summed E-state index contributed by atoms with van der Waals surface area (Å²) in [6.45, 7) is 8.62. The minimum Gasteiger partial charge on any atom is -0.359 e. The van der Waals surface area contributed by atoms with Gasteiger partial charge in [-0.3, -0.25) is 9.59 Å². The highest BCUT2D eigenvalue weighted by Crippen LogP contribution is 2.24. The van der Waals surface area contributed by atoms with Crippen LogP contribution in [0.3, 0.4) is 0 Å². The van der Waals surface area contributed by atoms with Gasteiger partial charge in [0.05, 0.1) is 5.56 Å². The van der Waals surface area contributed by atoms with Crippen molar-refractivity contribution in [3.05, 3.63) is 58.9 Å². The number of rotatable bonds is 8. The second-order valence-electron chi connectivity index (χ2n) is 6.80. The normalized spacial score (nSPS) is 11.9. The monoisotopic (exact) mass is 403 g/mol. The predicted octanol–water partition coefficient (Wildman–Crippen LogP) is 4.30. The molecule has 0 saturated carbocycles. The van der Waals surface area contributed by atoms with Crippen LogP contribution in [-0.2, 0) is 4.74 Å². The molecule has 2 amide bonds. The third kappa shape index (κ3) is 6.04. The summed E-state index contributed by atoms with van der Waals surface area (Å²) in [5, 5.41) is 5.61. The number of alkyl halides is 1. The zero-order valence-electron chi connectivity index (χ0n) is 16.6. The van der Waals surface area contributed by atoms with E-state index in [1.54, 1.807) is 37.3 Å². The van der Waals surface area contributed by atoms with Crippen molar-refractivity contribution in [2.75, 3.05) is 18.5 Å². The van der Waals surface area contributed by atoms with Gasteiger partial charge in [-0.05, 0) is 49.6 Å². The highest BCUT2D eigenvalue weighted by atomic mass is 35.5. The summed E-state index contributed by atoms with van der Waals surface area (Å²) in [6, 6.07) is 10.4. The quantitative estimate of drug-likeness (QED) is 0.644. The SMILES string of the molecule is CCOC(Cl)c1cccc(NC(=O)c2ccc(C)nc2C(=O)NCC(C)C)c1. The van der Waals surface area contributed by atoms with E-state index in [1.165, 1.54) is 0 Å². The number of carbonyl (C=O) groups is 2. The fourth-order valence-corrected chi connectivity index (χ4v) is 2.75. The van der Waals surface area contributed by atoms with Crippen LogP contribution in [-0.4, -0.2) is 29.9 Å². The summed E-state index contributed by atoms with van der Waals surface area (Å²) in [4.78, 5) is 29.6. The molecule has 0 aliphatic carbocycles. The van der Waals surface area contributed by atoms with E-state index in [2.05, 4.69) is 15.6 Å². The van der Waals surface area contributed by atoms with Gasteiger partial charge in [-0.1, -0.05) is 37.6 Å². The summed E-state index contributed by atoms with van der Waals surface area (Å²) in [5.41, 5.74) is 1.68. The number of anilines is 1. The summed E-state index contributed by atoms with van der Waals surface area (Å²) in [5.74, 6) is -0.488. The molecule has 1 aromatic heterocycles. The molecule has 7 heteroatoms. The third-order valence-corrected chi connectivity index (χ3v) is 4.26. The Morgan fingerprint density at radius 2 is 1.93 bits per heavy atom. The van der Waals surface area contributed by atoms with Crippen LogP contribution in [0.1, 0.15) is 58.4 Å². The molecule has 0 radical (unpaired) electrons. The van der Waals surface area contributed by atoms with Gasteiger partial charge in [0.15, 0.2) is 5.56 Å². The molecule has 0 fully saturated rings. The maximum absolute atomic E-state index is 12.8. The first-order valence-electron chi connectivity index (χ1n) is 9.24. The molecule has 1 unspecified atom stereocenters. The smallest absolute Gasteiger partial charge is 0.270 e. The van der Waals surface area contributed by atoms with Gasteiger partial charge in [-0.25, -0.2) is 4.98 Å². The van der Waals surface area contributed by atoms with E-state index in [1.807, 2.05) is 26.8 Å². The van der Waals surface area contributed by atoms with E-state index in [4.69, 9.17) is 16.3 Å². The fourth-order valence-electron chi connectivity index (χ4n) is 2.49. The molecular formula is C21H26ClN3O3. The van der Waals surface area contributed by atoms with Crippen LogP contribution in [0.4, 0.5) is 5.69 Å². The molecule has 0 saturated heterocycles. The number of aryl methyl sites for hydroxylation is 1.